The molecule has 1 aliphatic heterocycles. The van der Waals surface area contributed by atoms with Crippen molar-refractivity contribution in [1.29, 1.82) is 0 Å². The number of nitrogens with two attached hydrogens (primary N) is 1. The number of Topliss-reactive ketones (excluding diaryl/α,β-unsaturated/α-hetero) is 2. The molecule has 0 atom stereocenters. The zero-order valence-corrected chi connectivity index (χ0v) is 11.4. The topological polar surface area (TPSA) is 72.6 Å². The molecule has 0 amide bonds. The largest absolute Gasteiger partial charge is 0.398 e. The van der Waals surface area contributed by atoms with Gasteiger partial charge in [0.1, 0.15) is 0 Å². The quantitative estimate of drug-likeness (QED) is 0.517. The van der Waals surface area contributed by atoms with Crippen LogP contribution in [0.25, 0.3) is 0 Å². The van der Waals surface area contributed by atoms with Gasteiger partial charge in [-0.05, 0) is 12.1 Å². The average molecular weight is 283 g/mol. The molecule has 1 fully saturated rings. The van der Waals surface area contributed by atoms with Gasteiger partial charge in [-0.15, -0.1) is 0 Å². The predicted molar refractivity (Wildman–Crippen MR) is 73.9 cm³/mol. The van der Waals surface area contributed by atoms with Gasteiger partial charge in [0.15, 0.2) is 5.78 Å². The van der Waals surface area contributed by atoms with Crippen LogP contribution in [0.1, 0.15) is 17.3 Å². The Bertz CT molecular complexity index is 525. The van der Waals surface area contributed by atoms with Crippen LogP contribution >= 0.6 is 11.6 Å². The Morgan fingerprint density at radius 3 is 2.53 bits per heavy atom. The van der Waals surface area contributed by atoms with Crippen LogP contribution in [0.2, 0.25) is 5.02 Å². The molecule has 0 spiro atoms. The summed E-state index contributed by atoms with van der Waals surface area (Å²) in [5.41, 5.74) is 6.90. The Labute approximate surface area is 116 Å². The summed E-state index contributed by atoms with van der Waals surface area (Å²) < 4.78 is 5.27. The molecule has 0 bridgehead atoms. The first kappa shape index (κ1) is 13.8. The smallest absolute Gasteiger partial charge is 0.230 e. The second-order valence-corrected chi connectivity index (χ2v) is 4.78. The molecule has 1 aromatic rings. The number of rotatable bonds is 3. The maximum Gasteiger partial charge on any atom is 0.230 e. The number of carbonyl (C=O) groups excluding carboxylic acids is 2. The SMILES string of the molecule is CC(=O)C(=O)c1cc(N2CCOCC2)c(Cl)cc1N. The van der Waals surface area contributed by atoms with E-state index in [0.29, 0.717) is 37.0 Å². The number of morpholine rings is 1. The number of nitrogen functional groups attached to an aromatic ring is 1. The Balaban J connectivity index is 2.41. The molecule has 0 saturated carbocycles. The maximum atomic E-state index is 11.8. The van der Waals surface area contributed by atoms with E-state index in [9.17, 15) is 9.59 Å². The van der Waals surface area contributed by atoms with Crippen molar-refractivity contribution in [3.05, 3.63) is 22.7 Å². The van der Waals surface area contributed by atoms with E-state index >= 15 is 0 Å². The van der Waals surface area contributed by atoms with Gasteiger partial charge in [0.05, 0.1) is 29.5 Å². The van der Waals surface area contributed by atoms with E-state index in [1.807, 2.05) is 4.90 Å². The summed E-state index contributed by atoms with van der Waals surface area (Å²) >= 11 is 6.16. The minimum atomic E-state index is -0.594. The third-order valence-electron chi connectivity index (χ3n) is 3.04. The normalized spacial score (nSPS) is 15.4. The van der Waals surface area contributed by atoms with Gasteiger partial charge in [-0.3, -0.25) is 9.59 Å². The molecule has 0 unspecified atom stereocenters. The van der Waals surface area contributed by atoms with E-state index in [4.69, 9.17) is 22.1 Å². The first-order valence-corrected chi connectivity index (χ1v) is 6.35. The molecule has 2 N–H and O–H groups in total. The van der Waals surface area contributed by atoms with Crippen LogP contribution in [0.4, 0.5) is 11.4 Å². The Morgan fingerprint density at radius 1 is 1.32 bits per heavy atom. The highest BCUT2D eigenvalue weighted by Gasteiger charge is 2.20. The van der Waals surface area contributed by atoms with Crippen LogP contribution in [0, 0.1) is 0 Å². The lowest BCUT2D eigenvalue weighted by molar-refractivity contribution is -0.113. The molecule has 1 heterocycles. The minimum absolute atomic E-state index is 0.207. The number of hydrogen-bond acceptors (Lipinski definition) is 5. The summed E-state index contributed by atoms with van der Waals surface area (Å²) in [6.07, 6.45) is 0. The van der Waals surface area contributed by atoms with Gasteiger partial charge in [-0.25, -0.2) is 0 Å². The zero-order valence-electron chi connectivity index (χ0n) is 10.6. The summed E-state index contributed by atoms with van der Waals surface area (Å²) in [6.45, 7) is 3.83. The van der Waals surface area contributed by atoms with Gasteiger partial charge in [0, 0.05) is 25.7 Å². The third-order valence-corrected chi connectivity index (χ3v) is 3.34. The fourth-order valence-corrected chi connectivity index (χ4v) is 2.30. The molecule has 2 rings (SSSR count). The van der Waals surface area contributed by atoms with Crippen molar-refractivity contribution in [2.24, 2.45) is 0 Å². The molecule has 0 aromatic heterocycles. The Kier molecular flexibility index (Phi) is 4.07. The van der Waals surface area contributed by atoms with Crippen LogP contribution in [-0.4, -0.2) is 37.9 Å². The van der Waals surface area contributed by atoms with Gasteiger partial charge >= 0.3 is 0 Å². The summed E-state index contributed by atoms with van der Waals surface area (Å²) in [5, 5.41) is 0.472. The van der Waals surface area contributed by atoms with E-state index in [1.165, 1.54) is 13.0 Å². The second-order valence-electron chi connectivity index (χ2n) is 4.38. The van der Waals surface area contributed by atoms with Gasteiger partial charge < -0.3 is 15.4 Å². The molecule has 0 aliphatic carbocycles. The standard InChI is InChI=1S/C13H15ClN2O3/c1-8(17)13(18)9-6-12(10(14)7-11(9)15)16-2-4-19-5-3-16/h6-7H,2-5,15H2,1H3. The maximum absolute atomic E-state index is 11.8. The van der Waals surface area contributed by atoms with Gasteiger partial charge in [0.2, 0.25) is 5.78 Å². The Morgan fingerprint density at radius 2 is 1.95 bits per heavy atom. The molecule has 1 aliphatic rings. The van der Waals surface area contributed by atoms with E-state index in [-0.39, 0.29) is 11.3 Å². The van der Waals surface area contributed by atoms with E-state index < -0.39 is 11.6 Å². The summed E-state index contributed by atoms with van der Waals surface area (Å²) in [5.74, 6) is -1.13. The summed E-state index contributed by atoms with van der Waals surface area (Å²) in [6, 6.07) is 3.11. The van der Waals surface area contributed by atoms with Crippen molar-refractivity contribution < 1.29 is 14.3 Å². The molecular weight excluding hydrogens is 268 g/mol. The lowest BCUT2D eigenvalue weighted by Crippen LogP contribution is -2.36. The number of ketones is 2. The monoisotopic (exact) mass is 282 g/mol. The number of carbonyl (C=O) groups is 2. The van der Waals surface area contributed by atoms with Gasteiger partial charge in [-0.2, -0.15) is 0 Å². The molecule has 1 aromatic carbocycles. The van der Waals surface area contributed by atoms with Gasteiger partial charge in [-0.1, -0.05) is 11.6 Å². The summed E-state index contributed by atoms with van der Waals surface area (Å²) in [7, 11) is 0. The number of ether oxygens (including phenoxy) is 1. The zero-order chi connectivity index (χ0) is 14.0. The van der Waals surface area contributed by atoms with Gasteiger partial charge in [0.25, 0.3) is 0 Å². The van der Waals surface area contributed by atoms with Crippen LogP contribution in [0.3, 0.4) is 0 Å². The molecular formula is C13H15ClN2O3. The number of benzene rings is 1. The molecule has 102 valence electrons. The lowest BCUT2D eigenvalue weighted by atomic mass is 10.0. The van der Waals surface area contributed by atoms with Crippen molar-refractivity contribution in [2.45, 2.75) is 6.92 Å². The second kappa shape index (κ2) is 5.59. The predicted octanol–water partition coefficient (Wildman–Crippen LogP) is 1.53. The fraction of sp³-hybridized carbons (Fsp3) is 0.385. The van der Waals surface area contributed by atoms with Crippen LogP contribution in [0.5, 0.6) is 0 Å². The average Bonchev–Trinajstić information content (AvgIpc) is 2.39. The molecule has 19 heavy (non-hydrogen) atoms. The van der Waals surface area contributed by atoms with Crippen molar-refractivity contribution in [3.8, 4) is 0 Å². The van der Waals surface area contributed by atoms with E-state index in [2.05, 4.69) is 0 Å². The third kappa shape index (κ3) is 2.88. The number of nitrogens with zero attached hydrogens (tertiary/aromatic N) is 1. The fourth-order valence-electron chi connectivity index (χ4n) is 2.01. The number of hydrogen-bond donors (Lipinski definition) is 1. The highest BCUT2D eigenvalue weighted by molar-refractivity contribution is 6.44. The molecule has 5 nitrogen and oxygen atoms in total. The number of halogens is 1. The highest BCUT2D eigenvalue weighted by atomic mass is 35.5. The molecule has 6 heteroatoms. The molecule has 1 saturated heterocycles. The van der Waals surface area contributed by atoms with Crippen LogP contribution < -0.4 is 10.6 Å². The van der Waals surface area contributed by atoms with Crippen LogP contribution in [0.15, 0.2) is 12.1 Å². The van der Waals surface area contributed by atoms with E-state index in [0.717, 1.165) is 0 Å². The Hall–Kier alpha value is -1.59. The first-order valence-electron chi connectivity index (χ1n) is 5.97. The summed E-state index contributed by atoms with van der Waals surface area (Å²) in [4.78, 5) is 25.0. The minimum Gasteiger partial charge on any atom is -0.398 e. The molecule has 0 radical (unpaired) electrons. The van der Waals surface area contributed by atoms with Crippen LogP contribution in [-0.2, 0) is 9.53 Å². The number of anilines is 2. The van der Waals surface area contributed by atoms with Crippen molar-refractivity contribution >= 4 is 34.5 Å². The van der Waals surface area contributed by atoms with Crippen molar-refractivity contribution in [3.63, 3.8) is 0 Å². The van der Waals surface area contributed by atoms with Crippen molar-refractivity contribution in [1.82, 2.24) is 0 Å². The van der Waals surface area contributed by atoms with E-state index in [1.54, 1.807) is 6.07 Å². The lowest BCUT2D eigenvalue weighted by Gasteiger charge is -2.30. The highest BCUT2D eigenvalue weighted by Crippen LogP contribution is 2.31. The first-order chi connectivity index (χ1) is 9.00. The van der Waals surface area contributed by atoms with Crippen molar-refractivity contribution in [2.75, 3.05) is 36.9 Å².